The summed E-state index contributed by atoms with van der Waals surface area (Å²) >= 11 is 6.11. The summed E-state index contributed by atoms with van der Waals surface area (Å²) in [7, 11) is 1.56. The van der Waals surface area contributed by atoms with Gasteiger partial charge >= 0.3 is 11.1 Å². The summed E-state index contributed by atoms with van der Waals surface area (Å²) < 4.78 is 1.30. The number of hydrogen-bond acceptors (Lipinski definition) is 7. The van der Waals surface area contributed by atoms with Crippen LogP contribution in [0.15, 0.2) is 40.2 Å². The Bertz CT molecular complexity index is 1390. The van der Waals surface area contributed by atoms with E-state index in [9.17, 15) is 14.4 Å². The van der Waals surface area contributed by atoms with E-state index in [-0.39, 0.29) is 42.4 Å². The molecule has 2 aliphatic heterocycles. The van der Waals surface area contributed by atoms with Gasteiger partial charge in [0.2, 0.25) is 5.91 Å². The van der Waals surface area contributed by atoms with Gasteiger partial charge in [0.1, 0.15) is 11.8 Å². The van der Waals surface area contributed by atoms with Crippen LogP contribution in [0.2, 0.25) is 5.02 Å². The van der Waals surface area contributed by atoms with E-state index in [4.69, 9.17) is 11.6 Å². The van der Waals surface area contributed by atoms with E-state index < -0.39 is 11.1 Å². The van der Waals surface area contributed by atoms with E-state index in [1.54, 1.807) is 7.05 Å². The minimum atomic E-state index is -0.714. The number of H-pyrrole nitrogens is 1. The average molecular weight is 548 g/mol. The van der Waals surface area contributed by atoms with Crippen LogP contribution in [0.3, 0.4) is 0 Å². The molecule has 2 bridgehead atoms. The van der Waals surface area contributed by atoms with Crippen LogP contribution in [0.25, 0.3) is 11.2 Å². The normalized spacial score (nSPS) is 19.8. The first-order valence-corrected chi connectivity index (χ1v) is 12.6. The van der Waals surface area contributed by atoms with E-state index in [0.717, 1.165) is 18.4 Å². The van der Waals surface area contributed by atoms with Crippen LogP contribution in [0.5, 0.6) is 0 Å². The number of nitrogens with zero attached hydrogens (tertiary/aromatic N) is 5. The van der Waals surface area contributed by atoms with Gasteiger partial charge in [-0.25, -0.2) is 9.97 Å². The van der Waals surface area contributed by atoms with Crippen molar-refractivity contribution in [1.82, 2.24) is 29.7 Å². The Morgan fingerprint density at radius 2 is 1.78 bits per heavy atom. The zero-order chi connectivity index (χ0) is 25.6. The molecule has 2 aliphatic rings. The fraction of sp³-hybridized carbons (Fsp3) is 0.480. The number of benzene rings is 1. The molecule has 3 atom stereocenters. The van der Waals surface area contributed by atoms with Gasteiger partial charge in [0.15, 0.2) is 11.5 Å². The lowest BCUT2D eigenvalue weighted by atomic mass is 9.95. The number of piperazine rings is 1. The van der Waals surface area contributed by atoms with Crippen molar-refractivity contribution >= 4 is 46.9 Å². The zero-order valence-corrected chi connectivity index (χ0v) is 22.6. The third-order valence-electron chi connectivity index (χ3n) is 7.21. The number of carbonyl (C=O) groups excluding carboxylic acids is 1. The second-order valence-corrected chi connectivity index (χ2v) is 10.4. The lowest BCUT2D eigenvalue weighted by Crippen LogP contribution is -2.58. The van der Waals surface area contributed by atoms with Crippen molar-refractivity contribution in [2.45, 2.75) is 50.7 Å². The van der Waals surface area contributed by atoms with Crippen LogP contribution in [0.1, 0.15) is 38.2 Å². The van der Waals surface area contributed by atoms with E-state index in [2.05, 4.69) is 43.9 Å². The van der Waals surface area contributed by atoms with Crippen LogP contribution in [-0.2, 0) is 11.8 Å². The van der Waals surface area contributed by atoms with Gasteiger partial charge in [0.25, 0.3) is 0 Å². The molecule has 1 amide bonds. The number of fused-ring (bicyclic) bond motifs is 3. The van der Waals surface area contributed by atoms with Gasteiger partial charge in [-0.15, -0.1) is 12.4 Å². The summed E-state index contributed by atoms with van der Waals surface area (Å²) in [5, 5.41) is 4.07. The number of halogens is 2. The van der Waals surface area contributed by atoms with Crippen molar-refractivity contribution in [3.63, 3.8) is 0 Å². The molecule has 0 spiro atoms. The Labute approximate surface area is 225 Å². The van der Waals surface area contributed by atoms with Gasteiger partial charge in [-0.2, -0.15) is 0 Å². The molecule has 3 aromatic rings. The molecule has 2 saturated heterocycles. The molecule has 198 valence electrons. The molecule has 2 aromatic heterocycles. The maximum absolute atomic E-state index is 14.0. The number of anilines is 1. The van der Waals surface area contributed by atoms with Crippen molar-refractivity contribution < 1.29 is 4.79 Å². The maximum Gasteiger partial charge on any atom is 0.316 e. The highest BCUT2D eigenvalue weighted by atomic mass is 35.5. The number of aromatic amines is 1. The van der Waals surface area contributed by atoms with Crippen LogP contribution >= 0.6 is 24.0 Å². The predicted octanol–water partition coefficient (Wildman–Crippen LogP) is 2.05. The van der Waals surface area contributed by atoms with Gasteiger partial charge < -0.3 is 24.7 Å². The molecule has 5 rings (SSSR count). The van der Waals surface area contributed by atoms with Gasteiger partial charge in [-0.1, -0.05) is 37.6 Å². The molecule has 0 aliphatic carbocycles. The fourth-order valence-electron chi connectivity index (χ4n) is 5.43. The molecule has 4 heterocycles. The number of hydrogen-bond donors (Lipinski definition) is 2. The first-order valence-electron chi connectivity index (χ1n) is 12.2. The molecular weight excluding hydrogens is 517 g/mol. The van der Waals surface area contributed by atoms with Gasteiger partial charge in [-0.3, -0.25) is 14.4 Å². The van der Waals surface area contributed by atoms with E-state index >= 15 is 0 Å². The number of aromatic nitrogens is 4. The Balaban J connectivity index is 0.00000320. The summed E-state index contributed by atoms with van der Waals surface area (Å²) in [5.41, 5.74) is 0.384. The zero-order valence-electron chi connectivity index (χ0n) is 21.0. The van der Waals surface area contributed by atoms with Crippen molar-refractivity contribution in [2.24, 2.45) is 7.05 Å². The van der Waals surface area contributed by atoms with Gasteiger partial charge in [0.05, 0.1) is 5.92 Å². The first-order chi connectivity index (χ1) is 17.2. The highest BCUT2D eigenvalue weighted by molar-refractivity contribution is 6.30. The third kappa shape index (κ3) is 5.10. The molecule has 2 unspecified atom stereocenters. The van der Waals surface area contributed by atoms with E-state index in [0.29, 0.717) is 41.6 Å². The minimum absolute atomic E-state index is 0. The molecule has 10 nitrogen and oxygen atoms in total. The Kier molecular flexibility index (Phi) is 7.91. The topological polar surface area (TPSA) is 116 Å². The third-order valence-corrected chi connectivity index (χ3v) is 7.46. The van der Waals surface area contributed by atoms with Crippen LogP contribution < -0.4 is 21.3 Å². The number of amides is 1. The standard InChI is InChI=1S/C25H30ClN7O3.ClH/c1-14(2)27-10-19(15-4-6-16(26)7-5-15)24(35)33-17-8-9-18(33)12-32(11-17)22-20-21(28-13-29-22)30-23(34)25(36)31(20)3;/h4-7,13-14,17-19,27H,8-12H2,1-3H3,(H,28,29,30,34);1H/t17?,18?,19-;/m1./s1. The lowest BCUT2D eigenvalue weighted by molar-refractivity contribution is -0.136. The van der Waals surface area contributed by atoms with Crippen molar-refractivity contribution in [3.05, 3.63) is 61.9 Å². The highest BCUT2D eigenvalue weighted by Gasteiger charge is 2.45. The molecule has 12 heteroatoms. The minimum Gasteiger partial charge on any atom is -0.351 e. The monoisotopic (exact) mass is 547 g/mol. The number of aryl methyl sites for hydroxylation is 1. The molecular formula is C25H31Cl2N7O3. The van der Waals surface area contributed by atoms with Crippen molar-refractivity contribution in [3.8, 4) is 0 Å². The van der Waals surface area contributed by atoms with Gasteiger partial charge in [-0.05, 0) is 30.5 Å². The van der Waals surface area contributed by atoms with Crippen LogP contribution in [0, 0.1) is 0 Å². The van der Waals surface area contributed by atoms with Crippen LogP contribution in [-0.4, -0.2) is 68.1 Å². The number of nitrogens with one attached hydrogen (secondary N) is 2. The SMILES string of the molecule is CC(C)NC[C@@H](C(=O)N1C2CCC1CN(c1ncnc3[nH]c(=O)c(=O)n(C)c13)C2)c1ccc(Cl)cc1.Cl. The maximum atomic E-state index is 14.0. The van der Waals surface area contributed by atoms with E-state index in [1.807, 2.05) is 24.3 Å². The lowest BCUT2D eigenvalue weighted by Gasteiger charge is -2.43. The molecule has 0 radical (unpaired) electrons. The molecule has 2 N–H and O–H groups in total. The van der Waals surface area contributed by atoms with E-state index in [1.165, 1.54) is 10.9 Å². The summed E-state index contributed by atoms with van der Waals surface area (Å²) in [6.45, 7) is 5.86. The number of carbonyl (C=O) groups is 1. The second kappa shape index (κ2) is 10.8. The predicted molar refractivity (Wildman–Crippen MR) is 146 cm³/mol. The summed E-state index contributed by atoms with van der Waals surface area (Å²) in [5.74, 6) is 0.391. The summed E-state index contributed by atoms with van der Waals surface area (Å²) in [4.78, 5) is 53.6. The largest absolute Gasteiger partial charge is 0.351 e. The highest BCUT2D eigenvalue weighted by Crippen LogP contribution is 2.36. The van der Waals surface area contributed by atoms with Crippen LogP contribution in [0.4, 0.5) is 5.82 Å². The second-order valence-electron chi connectivity index (χ2n) is 9.92. The molecule has 0 saturated carbocycles. The average Bonchev–Trinajstić information content (AvgIpc) is 3.12. The fourth-order valence-corrected chi connectivity index (χ4v) is 5.55. The van der Waals surface area contributed by atoms with Crippen molar-refractivity contribution in [2.75, 3.05) is 24.5 Å². The quantitative estimate of drug-likeness (QED) is 0.453. The number of rotatable bonds is 6. The Hall–Kier alpha value is -2.95. The molecule has 1 aromatic carbocycles. The smallest absolute Gasteiger partial charge is 0.316 e. The molecule has 2 fully saturated rings. The summed E-state index contributed by atoms with van der Waals surface area (Å²) in [6, 6.07) is 7.82. The first kappa shape index (κ1) is 27.1. The molecule has 37 heavy (non-hydrogen) atoms. The Morgan fingerprint density at radius 1 is 1.14 bits per heavy atom. The Morgan fingerprint density at radius 3 is 2.41 bits per heavy atom. The van der Waals surface area contributed by atoms with Crippen molar-refractivity contribution in [1.29, 1.82) is 0 Å². The summed E-state index contributed by atoms with van der Waals surface area (Å²) in [6.07, 6.45) is 3.19. The van der Waals surface area contributed by atoms with Gasteiger partial charge in [0, 0.05) is 49.8 Å².